The van der Waals surface area contributed by atoms with Gasteiger partial charge in [0.1, 0.15) is 12.1 Å². The summed E-state index contributed by atoms with van der Waals surface area (Å²) in [6.45, 7) is 9.44. The Labute approximate surface area is 193 Å². The first-order valence-corrected chi connectivity index (χ1v) is 11.9. The second-order valence-electron chi connectivity index (χ2n) is 7.97. The lowest BCUT2D eigenvalue weighted by Gasteiger charge is -2.14. The summed E-state index contributed by atoms with van der Waals surface area (Å²) in [5.41, 5.74) is 4.81. The number of anilines is 1. The predicted octanol–water partition coefficient (Wildman–Crippen LogP) is 4.80. The Hall–Kier alpha value is -3.72. The van der Waals surface area contributed by atoms with Crippen molar-refractivity contribution < 1.29 is 13.2 Å². The van der Waals surface area contributed by atoms with E-state index in [4.69, 9.17) is 4.74 Å². The molecule has 1 N–H and O–H groups in total. The minimum absolute atomic E-state index is 0.298. The van der Waals surface area contributed by atoms with Gasteiger partial charge in [-0.05, 0) is 76.1 Å². The second kappa shape index (κ2) is 8.67. The highest BCUT2D eigenvalue weighted by Crippen LogP contribution is 2.26. The number of aryl methyl sites for hydroxylation is 4. The molecule has 9 heteroatoms. The summed E-state index contributed by atoms with van der Waals surface area (Å²) in [7, 11) is -3.72. The van der Waals surface area contributed by atoms with Crippen LogP contribution in [0.4, 0.5) is 5.69 Å². The third kappa shape index (κ3) is 4.73. The lowest BCUT2D eigenvalue weighted by molar-refractivity contribution is 0.454. The average Bonchev–Trinajstić information content (AvgIpc) is 3.07. The topological polar surface area (TPSA) is 99.0 Å². The average molecular weight is 464 g/mol. The third-order valence-electron chi connectivity index (χ3n) is 5.33. The van der Waals surface area contributed by atoms with E-state index in [1.165, 1.54) is 0 Å². The van der Waals surface area contributed by atoms with E-state index in [9.17, 15) is 8.42 Å². The van der Waals surface area contributed by atoms with Gasteiger partial charge in [0.25, 0.3) is 10.0 Å². The number of rotatable bonds is 6. The summed E-state index contributed by atoms with van der Waals surface area (Å²) in [5, 5.41) is 8.31. The molecule has 2 aromatic carbocycles. The SMILES string of the molecule is Cc1cc(C)c(S(=O)(=O)Nc2ccc(Oc3ccc(-n4cnc(C)c4C)nn3)cc2)c(C)c1. The largest absolute Gasteiger partial charge is 0.438 e. The smallest absolute Gasteiger partial charge is 0.262 e. The van der Waals surface area contributed by atoms with Crippen molar-refractivity contribution >= 4 is 15.7 Å². The summed E-state index contributed by atoms with van der Waals surface area (Å²) in [5.74, 6) is 1.48. The first-order chi connectivity index (χ1) is 15.6. The van der Waals surface area contributed by atoms with Gasteiger partial charge in [0, 0.05) is 17.4 Å². The first-order valence-electron chi connectivity index (χ1n) is 10.4. The quantitative estimate of drug-likeness (QED) is 0.441. The molecule has 0 saturated heterocycles. The lowest BCUT2D eigenvalue weighted by Crippen LogP contribution is -2.15. The standard InChI is InChI=1S/C24H25N5O3S/c1-15-12-16(2)24(17(3)13-15)33(30,31)28-20-6-8-21(9-7-20)32-23-11-10-22(26-27-23)29-14-25-18(4)19(29)5/h6-14,28H,1-5H3. The van der Waals surface area contributed by atoms with Gasteiger partial charge in [-0.3, -0.25) is 9.29 Å². The van der Waals surface area contributed by atoms with Crippen molar-refractivity contribution in [1.29, 1.82) is 0 Å². The maximum absolute atomic E-state index is 12.9. The van der Waals surface area contributed by atoms with Crippen LogP contribution in [0.25, 0.3) is 5.82 Å². The van der Waals surface area contributed by atoms with Crippen molar-refractivity contribution in [2.75, 3.05) is 4.72 Å². The maximum Gasteiger partial charge on any atom is 0.262 e. The van der Waals surface area contributed by atoms with Crippen molar-refractivity contribution in [3.63, 3.8) is 0 Å². The maximum atomic E-state index is 12.9. The molecule has 2 aromatic heterocycles. The van der Waals surface area contributed by atoms with Crippen LogP contribution in [0.1, 0.15) is 28.1 Å². The first kappa shape index (κ1) is 22.5. The van der Waals surface area contributed by atoms with E-state index in [0.717, 1.165) is 17.0 Å². The molecule has 170 valence electrons. The normalized spacial score (nSPS) is 11.4. The van der Waals surface area contributed by atoms with Gasteiger partial charge < -0.3 is 4.74 Å². The highest BCUT2D eigenvalue weighted by atomic mass is 32.2. The Morgan fingerprint density at radius 2 is 1.55 bits per heavy atom. The molecule has 0 fully saturated rings. The molecule has 0 spiro atoms. The Balaban J connectivity index is 1.47. The summed E-state index contributed by atoms with van der Waals surface area (Å²) in [6, 6.07) is 13.9. The molecule has 0 amide bonds. The van der Waals surface area contributed by atoms with Crippen LogP contribution in [-0.4, -0.2) is 28.2 Å². The Morgan fingerprint density at radius 1 is 0.879 bits per heavy atom. The molecular formula is C24H25N5O3S. The number of sulfonamides is 1. The molecule has 4 aromatic rings. The van der Waals surface area contributed by atoms with Gasteiger partial charge in [-0.1, -0.05) is 17.7 Å². The summed E-state index contributed by atoms with van der Waals surface area (Å²) in [6.07, 6.45) is 1.70. The number of hydrogen-bond donors (Lipinski definition) is 1. The number of nitrogens with one attached hydrogen (secondary N) is 1. The van der Waals surface area contributed by atoms with Gasteiger partial charge in [0.15, 0.2) is 5.82 Å². The third-order valence-corrected chi connectivity index (χ3v) is 7.01. The molecule has 8 nitrogen and oxygen atoms in total. The Bertz CT molecular complexity index is 1390. The van der Waals surface area contributed by atoms with Crippen molar-refractivity contribution in [1.82, 2.24) is 19.7 Å². The molecule has 4 rings (SSSR count). The molecule has 0 radical (unpaired) electrons. The summed E-state index contributed by atoms with van der Waals surface area (Å²) in [4.78, 5) is 4.56. The zero-order chi connectivity index (χ0) is 23.8. The van der Waals surface area contributed by atoms with Gasteiger partial charge in [0.05, 0.1) is 10.6 Å². The Kier molecular flexibility index (Phi) is 5.90. The van der Waals surface area contributed by atoms with Crippen LogP contribution >= 0.6 is 0 Å². The van der Waals surface area contributed by atoms with Gasteiger partial charge in [0.2, 0.25) is 5.88 Å². The van der Waals surface area contributed by atoms with Crippen molar-refractivity contribution in [2.45, 2.75) is 39.5 Å². The number of hydrogen-bond acceptors (Lipinski definition) is 6. The molecule has 0 bridgehead atoms. The number of imidazole rings is 1. The lowest BCUT2D eigenvalue weighted by atomic mass is 10.1. The predicted molar refractivity (Wildman–Crippen MR) is 127 cm³/mol. The van der Waals surface area contributed by atoms with Crippen LogP contribution in [0.3, 0.4) is 0 Å². The number of aromatic nitrogens is 4. The zero-order valence-electron chi connectivity index (χ0n) is 19.1. The minimum atomic E-state index is -3.72. The minimum Gasteiger partial charge on any atom is -0.438 e. The van der Waals surface area contributed by atoms with Crippen LogP contribution in [-0.2, 0) is 10.0 Å². The van der Waals surface area contributed by atoms with Crippen molar-refractivity contribution in [3.05, 3.63) is 82.9 Å². The van der Waals surface area contributed by atoms with Gasteiger partial charge in [-0.15, -0.1) is 10.2 Å². The molecule has 0 atom stereocenters. The van der Waals surface area contributed by atoms with E-state index in [1.54, 1.807) is 56.6 Å². The van der Waals surface area contributed by atoms with Crippen LogP contribution in [0.2, 0.25) is 0 Å². The van der Waals surface area contributed by atoms with E-state index < -0.39 is 10.0 Å². The van der Waals surface area contributed by atoms with Crippen LogP contribution < -0.4 is 9.46 Å². The van der Waals surface area contributed by atoms with Crippen LogP contribution in [0, 0.1) is 34.6 Å². The molecule has 0 aliphatic heterocycles. The summed E-state index contributed by atoms with van der Waals surface area (Å²) < 4.78 is 36.1. The molecule has 2 heterocycles. The molecule has 0 unspecified atom stereocenters. The fraction of sp³-hybridized carbons (Fsp3) is 0.208. The van der Waals surface area contributed by atoms with Crippen LogP contribution in [0.15, 0.2) is 59.8 Å². The fourth-order valence-electron chi connectivity index (χ4n) is 3.73. The number of nitrogens with zero attached hydrogens (tertiary/aromatic N) is 4. The highest BCUT2D eigenvalue weighted by Gasteiger charge is 2.20. The molecule has 0 aliphatic carbocycles. The molecular weight excluding hydrogens is 438 g/mol. The monoisotopic (exact) mass is 463 g/mol. The van der Waals surface area contributed by atoms with E-state index >= 15 is 0 Å². The molecule has 0 aliphatic rings. The van der Waals surface area contributed by atoms with E-state index in [0.29, 0.717) is 39.2 Å². The van der Waals surface area contributed by atoms with Gasteiger partial charge in [-0.2, -0.15) is 0 Å². The van der Waals surface area contributed by atoms with E-state index in [2.05, 4.69) is 19.9 Å². The second-order valence-corrected chi connectivity index (χ2v) is 9.59. The molecule has 33 heavy (non-hydrogen) atoms. The van der Waals surface area contributed by atoms with Gasteiger partial charge >= 0.3 is 0 Å². The van der Waals surface area contributed by atoms with E-state index in [-0.39, 0.29) is 0 Å². The van der Waals surface area contributed by atoms with Crippen LogP contribution in [0.5, 0.6) is 11.6 Å². The van der Waals surface area contributed by atoms with E-state index in [1.807, 2.05) is 37.5 Å². The number of benzene rings is 2. The summed E-state index contributed by atoms with van der Waals surface area (Å²) >= 11 is 0. The fourth-order valence-corrected chi connectivity index (χ4v) is 5.25. The number of ether oxygens (including phenoxy) is 1. The van der Waals surface area contributed by atoms with Gasteiger partial charge in [-0.25, -0.2) is 13.4 Å². The highest BCUT2D eigenvalue weighted by molar-refractivity contribution is 7.92. The van der Waals surface area contributed by atoms with Crippen molar-refractivity contribution in [3.8, 4) is 17.4 Å². The zero-order valence-corrected chi connectivity index (χ0v) is 19.9. The van der Waals surface area contributed by atoms with Crippen molar-refractivity contribution in [2.24, 2.45) is 0 Å². The Morgan fingerprint density at radius 3 is 2.09 bits per heavy atom. The molecule has 0 saturated carbocycles.